The molecule has 0 radical (unpaired) electrons. The molecule has 1 atom stereocenters. The number of rotatable bonds is 4. The zero-order chi connectivity index (χ0) is 12.1. The van der Waals surface area contributed by atoms with E-state index < -0.39 is 0 Å². The molecular formula is C15H23NO. The van der Waals surface area contributed by atoms with E-state index in [1.54, 1.807) is 0 Å². The summed E-state index contributed by atoms with van der Waals surface area (Å²) in [5, 5.41) is 13.3. The lowest BCUT2D eigenvalue weighted by Crippen LogP contribution is -2.47. The smallest absolute Gasteiger partial charge is 0.0661 e. The molecule has 2 N–H and O–H groups in total. The van der Waals surface area contributed by atoms with Crippen LogP contribution in [0.2, 0.25) is 0 Å². The third-order valence-corrected chi connectivity index (χ3v) is 4.04. The maximum atomic E-state index is 9.74. The number of para-hydroxylation sites is 1. The molecule has 1 aromatic rings. The van der Waals surface area contributed by atoms with E-state index in [0.29, 0.717) is 5.92 Å². The Kier molecular flexibility index (Phi) is 4.06. The van der Waals surface area contributed by atoms with Crippen LogP contribution in [-0.4, -0.2) is 17.3 Å². The SMILES string of the molecule is CC(CO)(Nc1ccccc1)C1CCCCC1. The molecule has 94 valence electrons. The van der Waals surface area contributed by atoms with Gasteiger partial charge in [-0.05, 0) is 37.8 Å². The molecule has 0 aliphatic heterocycles. The predicted molar refractivity (Wildman–Crippen MR) is 72.1 cm³/mol. The minimum absolute atomic E-state index is 0.179. The van der Waals surface area contributed by atoms with Crippen molar-refractivity contribution < 1.29 is 5.11 Å². The molecule has 1 aliphatic rings. The van der Waals surface area contributed by atoms with Crippen LogP contribution in [0, 0.1) is 5.92 Å². The maximum Gasteiger partial charge on any atom is 0.0661 e. The second kappa shape index (κ2) is 5.54. The van der Waals surface area contributed by atoms with Crippen molar-refractivity contribution in [2.24, 2.45) is 5.92 Å². The third kappa shape index (κ3) is 3.01. The zero-order valence-electron chi connectivity index (χ0n) is 10.7. The van der Waals surface area contributed by atoms with Crippen LogP contribution in [0.4, 0.5) is 5.69 Å². The van der Waals surface area contributed by atoms with Gasteiger partial charge in [0.05, 0.1) is 12.1 Å². The number of hydrogen-bond donors (Lipinski definition) is 2. The van der Waals surface area contributed by atoms with E-state index in [2.05, 4.69) is 24.4 Å². The molecule has 1 aromatic carbocycles. The Hall–Kier alpha value is -1.02. The summed E-state index contributed by atoms with van der Waals surface area (Å²) in [5.74, 6) is 0.585. The van der Waals surface area contributed by atoms with Gasteiger partial charge >= 0.3 is 0 Å². The van der Waals surface area contributed by atoms with Crippen LogP contribution in [0.15, 0.2) is 30.3 Å². The van der Waals surface area contributed by atoms with Crippen molar-refractivity contribution in [2.45, 2.75) is 44.6 Å². The van der Waals surface area contributed by atoms with Gasteiger partial charge in [0, 0.05) is 5.69 Å². The zero-order valence-corrected chi connectivity index (χ0v) is 10.7. The summed E-state index contributed by atoms with van der Waals surface area (Å²) in [6.07, 6.45) is 6.42. The van der Waals surface area contributed by atoms with E-state index in [-0.39, 0.29) is 12.1 Å². The summed E-state index contributed by atoms with van der Waals surface area (Å²) in [6, 6.07) is 10.2. The van der Waals surface area contributed by atoms with Gasteiger partial charge in [0.1, 0.15) is 0 Å². The summed E-state index contributed by atoms with van der Waals surface area (Å²) in [4.78, 5) is 0. The number of anilines is 1. The molecule has 2 nitrogen and oxygen atoms in total. The Morgan fingerprint density at radius 1 is 1.18 bits per heavy atom. The fourth-order valence-electron chi connectivity index (χ4n) is 2.86. The van der Waals surface area contributed by atoms with E-state index in [0.717, 1.165) is 5.69 Å². The van der Waals surface area contributed by atoms with E-state index >= 15 is 0 Å². The van der Waals surface area contributed by atoms with Crippen molar-refractivity contribution >= 4 is 5.69 Å². The molecule has 2 rings (SSSR count). The molecule has 0 amide bonds. The van der Waals surface area contributed by atoms with Crippen LogP contribution in [0.1, 0.15) is 39.0 Å². The van der Waals surface area contributed by atoms with Crippen molar-refractivity contribution in [3.8, 4) is 0 Å². The van der Waals surface area contributed by atoms with E-state index in [4.69, 9.17) is 0 Å². The number of aliphatic hydroxyl groups is 1. The van der Waals surface area contributed by atoms with E-state index in [1.807, 2.05) is 18.2 Å². The van der Waals surface area contributed by atoms with Gasteiger partial charge in [-0.1, -0.05) is 37.5 Å². The first kappa shape index (κ1) is 12.4. The molecule has 1 fully saturated rings. The monoisotopic (exact) mass is 233 g/mol. The first-order chi connectivity index (χ1) is 8.24. The Labute approximate surface area is 104 Å². The van der Waals surface area contributed by atoms with Crippen molar-refractivity contribution in [1.29, 1.82) is 0 Å². The summed E-state index contributed by atoms with van der Waals surface area (Å²) in [6.45, 7) is 2.35. The fourth-order valence-corrected chi connectivity index (χ4v) is 2.86. The van der Waals surface area contributed by atoms with Gasteiger partial charge in [0.25, 0.3) is 0 Å². The molecule has 0 saturated heterocycles. The van der Waals surface area contributed by atoms with Crippen LogP contribution >= 0.6 is 0 Å². The Morgan fingerprint density at radius 3 is 2.41 bits per heavy atom. The Balaban J connectivity index is 2.07. The highest BCUT2D eigenvalue weighted by Crippen LogP contribution is 2.34. The molecule has 17 heavy (non-hydrogen) atoms. The van der Waals surface area contributed by atoms with Crippen molar-refractivity contribution in [2.75, 3.05) is 11.9 Å². The summed E-state index contributed by atoms with van der Waals surface area (Å²) in [5.41, 5.74) is 0.927. The lowest BCUT2D eigenvalue weighted by molar-refractivity contribution is 0.144. The number of nitrogens with one attached hydrogen (secondary N) is 1. The molecule has 1 aliphatic carbocycles. The standard InChI is InChI=1S/C15H23NO/c1-15(12-17,13-8-4-2-5-9-13)16-14-10-6-3-7-11-14/h3,6-7,10-11,13,16-17H,2,4-5,8-9,12H2,1H3. The van der Waals surface area contributed by atoms with Gasteiger partial charge in [-0.3, -0.25) is 0 Å². The summed E-state index contributed by atoms with van der Waals surface area (Å²) in [7, 11) is 0. The topological polar surface area (TPSA) is 32.3 Å². The number of aliphatic hydroxyl groups excluding tert-OH is 1. The minimum Gasteiger partial charge on any atom is -0.394 e. The molecule has 0 aromatic heterocycles. The molecule has 0 heterocycles. The Morgan fingerprint density at radius 2 is 1.82 bits per heavy atom. The molecule has 0 bridgehead atoms. The second-order valence-electron chi connectivity index (χ2n) is 5.40. The van der Waals surface area contributed by atoms with E-state index in [9.17, 15) is 5.11 Å². The average molecular weight is 233 g/mol. The maximum absolute atomic E-state index is 9.74. The summed E-state index contributed by atoms with van der Waals surface area (Å²) >= 11 is 0. The third-order valence-electron chi connectivity index (χ3n) is 4.04. The molecule has 1 unspecified atom stereocenters. The van der Waals surface area contributed by atoms with Gasteiger partial charge in [-0.15, -0.1) is 0 Å². The normalized spacial score (nSPS) is 20.8. The number of benzene rings is 1. The van der Waals surface area contributed by atoms with Gasteiger partial charge in [-0.25, -0.2) is 0 Å². The van der Waals surface area contributed by atoms with Crippen LogP contribution in [-0.2, 0) is 0 Å². The quantitative estimate of drug-likeness (QED) is 0.835. The van der Waals surface area contributed by atoms with Gasteiger partial charge < -0.3 is 10.4 Å². The molecule has 0 spiro atoms. The average Bonchev–Trinajstić information content (AvgIpc) is 2.41. The van der Waals surface area contributed by atoms with Gasteiger partial charge in [0.2, 0.25) is 0 Å². The van der Waals surface area contributed by atoms with Crippen molar-refractivity contribution in [1.82, 2.24) is 0 Å². The van der Waals surface area contributed by atoms with Crippen molar-refractivity contribution in [3.63, 3.8) is 0 Å². The highest BCUT2D eigenvalue weighted by atomic mass is 16.3. The number of hydrogen-bond acceptors (Lipinski definition) is 2. The van der Waals surface area contributed by atoms with Crippen LogP contribution < -0.4 is 5.32 Å². The molecular weight excluding hydrogens is 210 g/mol. The highest BCUT2D eigenvalue weighted by molar-refractivity contribution is 5.45. The first-order valence-corrected chi connectivity index (χ1v) is 6.69. The lowest BCUT2D eigenvalue weighted by atomic mass is 9.76. The predicted octanol–water partition coefficient (Wildman–Crippen LogP) is 3.43. The van der Waals surface area contributed by atoms with Crippen LogP contribution in [0.3, 0.4) is 0 Å². The highest BCUT2D eigenvalue weighted by Gasteiger charge is 2.34. The van der Waals surface area contributed by atoms with Crippen LogP contribution in [0.5, 0.6) is 0 Å². The van der Waals surface area contributed by atoms with Gasteiger partial charge in [0.15, 0.2) is 0 Å². The molecule has 2 heteroatoms. The fraction of sp³-hybridized carbons (Fsp3) is 0.600. The summed E-state index contributed by atoms with van der Waals surface area (Å²) < 4.78 is 0. The lowest BCUT2D eigenvalue weighted by Gasteiger charge is -2.40. The van der Waals surface area contributed by atoms with Crippen LogP contribution in [0.25, 0.3) is 0 Å². The van der Waals surface area contributed by atoms with E-state index in [1.165, 1.54) is 32.1 Å². The Bertz CT molecular complexity index is 332. The van der Waals surface area contributed by atoms with Gasteiger partial charge in [-0.2, -0.15) is 0 Å². The second-order valence-corrected chi connectivity index (χ2v) is 5.40. The molecule has 1 saturated carbocycles. The first-order valence-electron chi connectivity index (χ1n) is 6.69. The van der Waals surface area contributed by atoms with Crippen molar-refractivity contribution in [3.05, 3.63) is 30.3 Å². The minimum atomic E-state index is -0.179. The largest absolute Gasteiger partial charge is 0.394 e.